The highest BCUT2D eigenvalue weighted by atomic mass is 16.5. The van der Waals surface area contributed by atoms with Crippen molar-refractivity contribution < 1.29 is 13.8 Å². The summed E-state index contributed by atoms with van der Waals surface area (Å²) in [6, 6.07) is 12.0. The number of carbonyl (C=O) groups is 1. The SMILES string of the molecule is CC(C)(c1ccno1)c1nc(C2CC(=O)N(CCc3ccccc3)C2)no1. The fourth-order valence-corrected chi connectivity index (χ4v) is 3.37. The van der Waals surface area contributed by atoms with Gasteiger partial charge in [0.05, 0.1) is 6.20 Å². The Morgan fingerprint density at radius 3 is 2.74 bits per heavy atom. The highest BCUT2D eigenvalue weighted by molar-refractivity contribution is 5.79. The van der Waals surface area contributed by atoms with Crippen molar-refractivity contribution in [1.29, 1.82) is 0 Å². The number of nitrogens with zero attached hydrogens (tertiary/aromatic N) is 4. The Labute approximate surface area is 157 Å². The van der Waals surface area contributed by atoms with E-state index in [0.29, 0.717) is 37.0 Å². The lowest BCUT2D eigenvalue weighted by atomic mass is 9.90. The van der Waals surface area contributed by atoms with Crippen LogP contribution in [0.15, 0.2) is 51.6 Å². The number of rotatable bonds is 6. The lowest BCUT2D eigenvalue weighted by Gasteiger charge is -2.16. The number of aromatic nitrogens is 3. The molecule has 1 aliphatic rings. The van der Waals surface area contributed by atoms with Gasteiger partial charge in [-0.05, 0) is 25.8 Å². The zero-order valence-corrected chi connectivity index (χ0v) is 15.5. The summed E-state index contributed by atoms with van der Waals surface area (Å²) in [7, 11) is 0. The summed E-state index contributed by atoms with van der Waals surface area (Å²) in [5.74, 6) is 1.79. The summed E-state index contributed by atoms with van der Waals surface area (Å²) in [5.41, 5.74) is 0.654. The molecule has 0 aliphatic carbocycles. The molecule has 140 valence electrons. The Kier molecular flexibility index (Phi) is 4.51. The van der Waals surface area contributed by atoms with E-state index in [1.807, 2.05) is 36.9 Å². The van der Waals surface area contributed by atoms with E-state index in [1.54, 1.807) is 12.3 Å². The molecule has 2 aromatic heterocycles. The van der Waals surface area contributed by atoms with Gasteiger partial charge < -0.3 is 13.9 Å². The van der Waals surface area contributed by atoms with Crippen LogP contribution in [-0.4, -0.2) is 39.2 Å². The van der Waals surface area contributed by atoms with Gasteiger partial charge in [0.2, 0.25) is 11.8 Å². The Morgan fingerprint density at radius 2 is 2.00 bits per heavy atom. The molecule has 1 aliphatic heterocycles. The van der Waals surface area contributed by atoms with Crippen LogP contribution in [0.1, 0.15) is 49.2 Å². The molecular formula is C20H22N4O3. The maximum atomic E-state index is 12.4. The second-order valence-electron chi connectivity index (χ2n) is 7.44. The van der Waals surface area contributed by atoms with Crippen molar-refractivity contribution in [1.82, 2.24) is 20.2 Å². The molecule has 1 aromatic carbocycles. The van der Waals surface area contributed by atoms with Crippen molar-refractivity contribution in [3.63, 3.8) is 0 Å². The van der Waals surface area contributed by atoms with Gasteiger partial charge in [-0.25, -0.2) is 0 Å². The molecule has 7 heteroatoms. The Hall–Kier alpha value is -2.96. The van der Waals surface area contributed by atoms with E-state index in [9.17, 15) is 4.79 Å². The summed E-state index contributed by atoms with van der Waals surface area (Å²) in [4.78, 5) is 18.8. The molecule has 1 atom stereocenters. The lowest BCUT2D eigenvalue weighted by Crippen LogP contribution is -2.27. The molecule has 7 nitrogen and oxygen atoms in total. The first kappa shape index (κ1) is 17.5. The van der Waals surface area contributed by atoms with Crippen LogP contribution in [0.4, 0.5) is 0 Å². The monoisotopic (exact) mass is 366 g/mol. The smallest absolute Gasteiger partial charge is 0.240 e. The molecule has 1 unspecified atom stereocenters. The second-order valence-corrected chi connectivity index (χ2v) is 7.44. The van der Waals surface area contributed by atoms with Gasteiger partial charge in [0.25, 0.3) is 0 Å². The molecule has 0 bridgehead atoms. The number of benzene rings is 1. The van der Waals surface area contributed by atoms with Crippen LogP contribution >= 0.6 is 0 Å². The van der Waals surface area contributed by atoms with Crippen molar-refractivity contribution >= 4 is 5.91 Å². The maximum Gasteiger partial charge on any atom is 0.240 e. The summed E-state index contributed by atoms with van der Waals surface area (Å²) in [6.45, 7) is 5.20. The van der Waals surface area contributed by atoms with E-state index in [2.05, 4.69) is 27.4 Å². The van der Waals surface area contributed by atoms with Crippen molar-refractivity contribution in [2.75, 3.05) is 13.1 Å². The van der Waals surface area contributed by atoms with Gasteiger partial charge in [0, 0.05) is 31.5 Å². The van der Waals surface area contributed by atoms with Crippen LogP contribution in [0.25, 0.3) is 0 Å². The topological polar surface area (TPSA) is 85.3 Å². The zero-order chi connectivity index (χ0) is 18.9. The number of hydrogen-bond acceptors (Lipinski definition) is 6. The molecule has 27 heavy (non-hydrogen) atoms. The molecular weight excluding hydrogens is 344 g/mol. The molecule has 3 heterocycles. The minimum Gasteiger partial charge on any atom is -0.360 e. The molecule has 0 saturated carbocycles. The molecule has 1 fully saturated rings. The summed E-state index contributed by atoms with van der Waals surface area (Å²) in [5, 5.41) is 7.88. The zero-order valence-electron chi connectivity index (χ0n) is 15.5. The van der Waals surface area contributed by atoms with Crippen LogP contribution in [0, 0.1) is 0 Å². The number of hydrogen-bond donors (Lipinski definition) is 0. The number of likely N-dealkylation sites (tertiary alicyclic amines) is 1. The largest absolute Gasteiger partial charge is 0.360 e. The van der Waals surface area contributed by atoms with Gasteiger partial charge in [-0.2, -0.15) is 4.98 Å². The number of carbonyl (C=O) groups excluding carboxylic acids is 1. The predicted octanol–water partition coefficient (Wildman–Crippen LogP) is 2.94. The quantitative estimate of drug-likeness (QED) is 0.667. The number of amides is 1. The van der Waals surface area contributed by atoms with Crippen LogP contribution in [0.5, 0.6) is 0 Å². The van der Waals surface area contributed by atoms with E-state index in [-0.39, 0.29) is 11.8 Å². The van der Waals surface area contributed by atoms with Gasteiger partial charge in [0.1, 0.15) is 5.41 Å². The first-order valence-corrected chi connectivity index (χ1v) is 9.11. The van der Waals surface area contributed by atoms with Gasteiger partial charge in [-0.3, -0.25) is 4.79 Å². The van der Waals surface area contributed by atoms with Crippen molar-refractivity contribution in [2.45, 2.75) is 38.0 Å². The van der Waals surface area contributed by atoms with E-state index >= 15 is 0 Å². The lowest BCUT2D eigenvalue weighted by molar-refractivity contribution is -0.127. The normalized spacial score (nSPS) is 17.6. The average Bonchev–Trinajstić information content (AvgIpc) is 3.41. The minimum atomic E-state index is -0.572. The van der Waals surface area contributed by atoms with Crippen molar-refractivity contribution in [3.05, 3.63) is 65.6 Å². The first-order chi connectivity index (χ1) is 13.0. The van der Waals surface area contributed by atoms with Crippen LogP contribution in [-0.2, 0) is 16.6 Å². The van der Waals surface area contributed by atoms with Crippen LogP contribution in [0.3, 0.4) is 0 Å². The Morgan fingerprint density at radius 1 is 1.19 bits per heavy atom. The van der Waals surface area contributed by atoms with E-state index in [4.69, 9.17) is 9.05 Å². The molecule has 0 spiro atoms. The van der Waals surface area contributed by atoms with E-state index in [1.165, 1.54) is 5.56 Å². The third kappa shape index (κ3) is 3.49. The molecule has 1 amide bonds. The Balaban J connectivity index is 1.43. The van der Waals surface area contributed by atoms with E-state index < -0.39 is 5.41 Å². The molecule has 3 aromatic rings. The molecule has 0 N–H and O–H groups in total. The van der Waals surface area contributed by atoms with E-state index in [0.717, 1.165) is 6.42 Å². The highest BCUT2D eigenvalue weighted by Crippen LogP contribution is 2.32. The van der Waals surface area contributed by atoms with Crippen LogP contribution in [0.2, 0.25) is 0 Å². The van der Waals surface area contributed by atoms with Gasteiger partial charge in [-0.1, -0.05) is 40.6 Å². The second kappa shape index (κ2) is 6.98. The Bertz CT molecular complexity index is 902. The predicted molar refractivity (Wildman–Crippen MR) is 97.0 cm³/mol. The van der Waals surface area contributed by atoms with Crippen molar-refractivity contribution in [2.24, 2.45) is 0 Å². The fraction of sp³-hybridized carbons (Fsp3) is 0.400. The highest BCUT2D eigenvalue weighted by Gasteiger charge is 2.37. The fourth-order valence-electron chi connectivity index (χ4n) is 3.37. The average molecular weight is 366 g/mol. The third-order valence-corrected chi connectivity index (χ3v) is 5.12. The third-order valence-electron chi connectivity index (χ3n) is 5.12. The minimum absolute atomic E-state index is 0.0451. The summed E-state index contributed by atoms with van der Waals surface area (Å²) >= 11 is 0. The van der Waals surface area contributed by atoms with Gasteiger partial charge >= 0.3 is 0 Å². The standard InChI is InChI=1S/C20H22N4O3/c1-20(2,16-8-10-21-26-16)19-22-18(23-27-19)15-12-17(25)24(13-15)11-9-14-6-4-3-5-7-14/h3-8,10,15H,9,11-13H2,1-2H3. The van der Waals surface area contributed by atoms with Gasteiger partial charge in [0.15, 0.2) is 11.6 Å². The summed E-state index contributed by atoms with van der Waals surface area (Å²) < 4.78 is 10.7. The van der Waals surface area contributed by atoms with Crippen molar-refractivity contribution in [3.8, 4) is 0 Å². The van der Waals surface area contributed by atoms with Gasteiger partial charge in [-0.15, -0.1) is 0 Å². The summed E-state index contributed by atoms with van der Waals surface area (Å²) in [6.07, 6.45) is 2.85. The molecule has 4 rings (SSSR count). The first-order valence-electron chi connectivity index (χ1n) is 9.11. The van der Waals surface area contributed by atoms with Crippen LogP contribution < -0.4 is 0 Å². The molecule has 1 saturated heterocycles. The maximum absolute atomic E-state index is 12.4. The molecule has 0 radical (unpaired) electrons.